The summed E-state index contributed by atoms with van der Waals surface area (Å²) in [5.41, 5.74) is -5.67. The van der Waals surface area contributed by atoms with Gasteiger partial charge in [-0.05, 0) is 18.6 Å². The quantitative estimate of drug-likeness (QED) is 0.879. The zero-order valence-electron chi connectivity index (χ0n) is 8.34. The summed E-state index contributed by atoms with van der Waals surface area (Å²) in [6.45, 7) is 1.46. The summed E-state index contributed by atoms with van der Waals surface area (Å²) in [5.74, 6) is -0.366. The Hall–Kier alpha value is -1.15. The average molecular weight is 290 g/mol. The lowest BCUT2D eigenvalue weighted by molar-refractivity contribution is -0.0429. The Kier molecular flexibility index (Phi) is 3.49. The van der Waals surface area contributed by atoms with Crippen LogP contribution >= 0.6 is 11.6 Å². The van der Waals surface area contributed by atoms with Gasteiger partial charge in [-0.15, -0.1) is 0 Å². The first-order valence-corrected chi connectivity index (χ1v) is 5.99. The number of halogens is 4. The van der Waals surface area contributed by atoms with Crippen LogP contribution in [-0.4, -0.2) is 19.0 Å². The molecule has 4 nitrogen and oxygen atoms in total. The van der Waals surface area contributed by atoms with E-state index in [0.29, 0.717) is 5.56 Å². The number of anilines is 1. The zero-order valence-corrected chi connectivity index (χ0v) is 9.91. The number of nitrogens with one attached hydrogen (secondary N) is 1. The molecule has 0 unspecified atom stereocenters. The summed E-state index contributed by atoms with van der Waals surface area (Å²) < 4.78 is 59.1. The smallest absolute Gasteiger partial charge is 0.508 e. The molecule has 1 aromatic carbocycles. The third-order valence-corrected chi connectivity index (χ3v) is 3.25. The first-order valence-electron chi connectivity index (χ1n) is 4.13. The SMILES string of the molecule is Cc1cc(Cl)c(NS(=O)(=O)C(F)(F)F)cc1O. The van der Waals surface area contributed by atoms with Gasteiger partial charge in [-0.1, -0.05) is 11.6 Å². The minimum Gasteiger partial charge on any atom is -0.508 e. The van der Waals surface area contributed by atoms with Crippen LogP contribution in [0.25, 0.3) is 0 Å². The molecule has 0 saturated carbocycles. The highest BCUT2D eigenvalue weighted by molar-refractivity contribution is 7.93. The summed E-state index contributed by atoms with van der Waals surface area (Å²) in [5, 5.41) is 9.01. The van der Waals surface area contributed by atoms with E-state index in [0.717, 1.165) is 12.1 Å². The van der Waals surface area contributed by atoms with Crippen LogP contribution in [0.1, 0.15) is 5.56 Å². The van der Waals surface area contributed by atoms with Crippen LogP contribution in [0.5, 0.6) is 5.75 Å². The monoisotopic (exact) mass is 289 g/mol. The Morgan fingerprint density at radius 1 is 1.35 bits per heavy atom. The van der Waals surface area contributed by atoms with E-state index in [4.69, 9.17) is 11.6 Å². The lowest BCUT2D eigenvalue weighted by Crippen LogP contribution is -2.30. The van der Waals surface area contributed by atoms with E-state index in [2.05, 4.69) is 0 Å². The maximum absolute atomic E-state index is 12.1. The van der Waals surface area contributed by atoms with Crippen molar-refractivity contribution in [1.82, 2.24) is 0 Å². The van der Waals surface area contributed by atoms with Crippen molar-refractivity contribution in [3.8, 4) is 5.75 Å². The van der Waals surface area contributed by atoms with E-state index >= 15 is 0 Å². The summed E-state index contributed by atoms with van der Waals surface area (Å²) >= 11 is 5.55. The van der Waals surface area contributed by atoms with Crippen LogP contribution in [0.15, 0.2) is 12.1 Å². The summed E-state index contributed by atoms with van der Waals surface area (Å²) in [6, 6.07) is 1.95. The summed E-state index contributed by atoms with van der Waals surface area (Å²) in [4.78, 5) is 0. The van der Waals surface area contributed by atoms with E-state index in [1.165, 1.54) is 11.6 Å². The molecule has 17 heavy (non-hydrogen) atoms. The van der Waals surface area contributed by atoms with Crippen LogP contribution in [0, 0.1) is 6.92 Å². The molecule has 0 fully saturated rings. The highest BCUT2D eigenvalue weighted by Gasteiger charge is 2.46. The second-order valence-corrected chi connectivity index (χ2v) is 5.25. The van der Waals surface area contributed by atoms with Gasteiger partial charge >= 0.3 is 15.5 Å². The molecule has 0 spiro atoms. The summed E-state index contributed by atoms with van der Waals surface area (Å²) in [7, 11) is -5.55. The van der Waals surface area contributed by atoms with Crippen LogP contribution < -0.4 is 4.72 Å². The molecule has 0 aromatic heterocycles. The number of benzene rings is 1. The van der Waals surface area contributed by atoms with Crippen LogP contribution in [0.4, 0.5) is 18.9 Å². The van der Waals surface area contributed by atoms with Crippen LogP contribution in [0.2, 0.25) is 5.02 Å². The van der Waals surface area contributed by atoms with Gasteiger partial charge in [0, 0.05) is 6.07 Å². The fourth-order valence-electron chi connectivity index (χ4n) is 0.942. The van der Waals surface area contributed by atoms with E-state index in [9.17, 15) is 26.7 Å². The molecule has 0 aliphatic carbocycles. The Labute approximate surface area is 100 Å². The highest BCUT2D eigenvalue weighted by Crippen LogP contribution is 2.33. The van der Waals surface area contributed by atoms with Crippen LogP contribution in [0.3, 0.4) is 0 Å². The molecular formula is C8H7ClF3NO3S. The fraction of sp³-hybridized carbons (Fsp3) is 0.250. The molecule has 96 valence electrons. The van der Waals surface area contributed by atoms with Crippen molar-refractivity contribution in [2.24, 2.45) is 0 Å². The molecule has 0 aliphatic rings. The normalized spacial score (nSPS) is 12.5. The Bertz CT molecular complexity index is 542. The Morgan fingerprint density at radius 2 is 1.88 bits per heavy atom. The first-order chi connectivity index (χ1) is 7.54. The molecule has 0 aliphatic heterocycles. The number of phenolic OH excluding ortho intramolecular Hbond substituents is 1. The van der Waals surface area contributed by atoms with Gasteiger partial charge in [0.05, 0.1) is 10.7 Å². The topological polar surface area (TPSA) is 66.4 Å². The second kappa shape index (κ2) is 4.26. The van der Waals surface area contributed by atoms with Crippen molar-refractivity contribution in [2.75, 3.05) is 4.72 Å². The van der Waals surface area contributed by atoms with Gasteiger partial charge < -0.3 is 5.11 Å². The van der Waals surface area contributed by atoms with Gasteiger partial charge in [0.2, 0.25) is 0 Å². The van der Waals surface area contributed by atoms with Gasteiger partial charge in [-0.25, -0.2) is 0 Å². The molecule has 0 radical (unpaired) electrons. The predicted octanol–water partition coefficient (Wildman–Crippen LogP) is 2.62. The van der Waals surface area contributed by atoms with Gasteiger partial charge in [-0.3, -0.25) is 4.72 Å². The first kappa shape index (κ1) is 13.9. The van der Waals surface area contributed by atoms with E-state index in [1.807, 2.05) is 0 Å². The molecule has 0 heterocycles. The van der Waals surface area contributed by atoms with Gasteiger partial charge in [0.25, 0.3) is 0 Å². The molecule has 0 amide bonds. The second-order valence-electron chi connectivity index (χ2n) is 3.17. The number of alkyl halides is 3. The lowest BCUT2D eigenvalue weighted by atomic mass is 10.2. The van der Waals surface area contributed by atoms with Crippen molar-refractivity contribution in [2.45, 2.75) is 12.4 Å². The fourth-order valence-corrected chi connectivity index (χ4v) is 1.84. The van der Waals surface area contributed by atoms with Crippen molar-refractivity contribution >= 4 is 27.3 Å². The Morgan fingerprint density at radius 3 is 2.35 bits per heavy atom. The molecular weight excluding hydrogens is 283 g/mol. The van der Waals surface area contributed by atoms with Crippen molar-refractivity contribution in [3.05, 3.63) is 22.7 Å². The van der Waals surface area contributed by atoms with E-state index < -0.39 is 21.2 Å². The third-order valence-electron chi connectivity index (χ3n) is 1.83. The highest BCUT2D eigenvalue weighted by atomic mass is 35.5. The summed E-state index contributed by atoms with van der Waals surface area (Å²) in [6.07, 6.45) is 0. The van der Waals surface area contributed by atoms with E-state index in [-0.39, 0.29) is 10.8 Å². The molecule has 1 aromatic rings. The molecule has 0 bridgehead atoms. The molecule has 0 saturated heterocycles. The predicted molar refractivity (Wildman–Crippen MR) is 56.5 cm³/mol. The van der Waals surface area contributed by atoms with Gasteiger partial charge in [-0.2, -0.15) is 21.6 Å². The standard InChI is InChI=1S/C8H7ClF3NO3S/c1-4-2-5(9)6(3-7(4)14)13-17(15,16)8(10,11)12/h2-3,13-14H,1H3. The van der Waals surface area contributed by atoms with E-state index in [1.54, 1.807) is 0 Å². The average Bonchev–Trinajstić information content (AvgIpc) is 2.12. The largest absolute Gasteiger partial charge is 0.516 e. The van der Waals surface area contributed by atoms with Crippen molar-refractivity contribution < 1.29 is 26.7 Å². The molecule has 1 rings (SSSR count). The van der Waals surface area contributed by atoms with Gasteiger partial charge in [0.15, 0.2) is 0 Å². The maximum Gasteiger partial charge on any atom is 0.516 e. The lowest BCUT2D eigenvalue weighted by Gasteiger charge is -2.12. The number of hydrogen-bond acceptors (Lipinski definition) is 3. The molecule has 2 N–H and O–H groups in total. The zero-order chi connectivity index (χ0) is 13.4. The maximum atomic E-state index is 12.1. The minimum absolute atomic E-state index is 0.242. The number of aromatic hydroxyl groups is 1. The number of hydrogen-bond donors (Lipinski definition) is 2. The Balaban J connectivity index is 3.18. The van der Waals surface area contributed by atoms with Gasteiger partial charge in [0.1, 0.15) is 5.75 Å². The molecule has 9 heteroatoms. The third kappa shape index (κ3) is 2.95. The number of phenols is 1. The number of aryl methyl sites for hydroxylation is 1. The number of sulfonamides is 1. The molecule has 0 atom stereocenters. The van der Waals surface area contributed by atoms with Crippen LogP contribution in [-0.2, 0) is 10.0 Å². The van der Waals surface area contributed by atoms with Crippen molar-refractivity contribution in [3.63, 3.8) is 0 Å². The minimum atomic E-state index is -5.55. The number of rotatable bonds is 2. The van der Waals surface area contributed by atoms with Crippen molar-refractivity contribution in [1.29, 1.82) is 0 Å².